The Morgan fingerprint density at radius 2 is 2.04 bits per heavy atom. The van der Waals surface area contributed by atoms with Crippen molar-refractivity contribution in [1.82, 2.24) is 4.98 Å². The third-order valence-electron chi connectivity index (χ3n) is 4.48. The number of pyridine rings is 1. The molecular formula is C17H22N2O4. The van der Waals surface area contributed by atoms with Gasteiger partial charge in [0, 0.05) is 19.2 Å². The summed E-state index contributed by atoms with van der Waals surface area (Å²) in [4.78, 5) is 26.4. The van der Waals surface area contributed by atoms with Crippen LogP contribution in [-0.2, 0) is 20.7 Å². The molecule has 0 saturated heterocycles. The summed E-state index contributed by atoms with van der Waals surface area (Å²) in [5.41, 5.74) is 1.87. The van der Waals surface area contributed by atoms with Crippen LogP contribution in [0.5, 0.6) is 0 Å². The van der Waals surface area contributed by atoms with Gasteiger partial charge >= 0.3 is 5.97 Å². The van der Waals surface area contributed by atoms with E-state index in [0.717, 1.165) is 24.8 Å². The summed E-state index contributed by atoms with van der Waals surface area (Å²) in [6.07, 6.45) is 3.22. The zero-order valence-corrected chi connectivity index (χ0v) is 13.8. The maximum absolute atomic E-state index is 12.1. The standard InChI is InChI=1S/C17H22N2O4/c1-10-12(11(2)19-17(21)13(10)9-18)7-8-16(20)23-15-6-4-5-14(15)22-3/h14-15H,4-8H2,1-3H3,(H,19,21). The highest BCUT2D eigenvalue weighted by molar-refractivity contribution is 5.70. The summed E-state index contributed by atoms with van der Waals surface area (Å²) in [7, 11) is 1.63. The smallest absolute Gasteiger partial charge is 0.306 e. The van der Waals surface area contributed by atoms with E-state index in [1.807, 2.05) is 6.07 Å². The molecule has 0 amide bonds. The molecule has 2 atom stereocenters. The summed E-state index contributed by atoms with van der Waals surface area (Å²) in [5.74, 6) is -0.276. The number of aromatic amines is 1. The van der Waals surface area contributed by atoms with Gasteiger partial charge in [-0.1, -0.05) is 0 Å². The number of rotatable bonds is 5. The van der Waals surface area contributed by atoms with Crippen molar-refractivity contribution in [1.29, 1.82) is 5.26 Å². The summed E-state index contributed by atoms with van der Waals surface area (Å²) in [6.45, 7) is 3.51. The van der Waals surface area contributed by atoms with Gasteiger partial charge in [0.2, 0.25) is 0 Å². The fourth-order valence-electron chi connectivity index (χ4n) is 3.17. The fraction of sp³-hybridized carbons (Fsp3) is 0.588. The molecular weight excluding hydrogens is 296 g/mol. The Morgan fingerprint density at radius 3 is 2.70 bits per heavy atom. The summed E-state index contributed by atoms with van der Waals surface area (Å²) >= 11 is 0. The van der Waals surface area contributed by atoms with Gasteiger partial charge < -0.3 is 14.5 Å². The Hall–Kier alpha value is -2.13. The number of nitriles is 1. The lowest BCUT2D eigenvalue weighted by molar-refractivity contribution is -0.154. The topological polar surface area (TPSA) is 92.2 Å². The van der Waals surface area contributed by atoms with Crippen molar-refractivity contribution in [3.63, 3.8) is 0 Å². The number of carbonyl (C=O) groups excluding carboxylic acids is 1. The van der Waals surface area contributed by atoms with E-state index in [-0.39, 0.29) is 35.7 Å². The molecule has 2 unspecified atom stereocenters. The zero-order chi connectivity index (χ0) is 17.0. The molecule has 0 aromatic carbocycles. The Kier molecular flexibility index (Phi) is 5.56. The lowest BCUT2D eigenvalue weighted by Crippen LogP contribution is -2.28. The molecule has 1 aliphatic carbocycles. The highest BCUT2D eigenvalue weighted by atomic mass is 16.6. The first-order valence-electron chi connectivity index (χ1n) is 7.82. The van der Waals surface area contributed by atoms with Crippen LogP contribution in [0.25, 0.3) is 0 Å². The molecule has 0 bridgehead atoms. The number of carbonyl (C=O) groups is 1. The molecule has 0 radical (unpaired) electrons. The van der Waals surface area contributed by atoms with Gasteiger partial charge in [-0.25, -0.2) is 0 Å². The van der Waals surface area contributed by atoms with Gasteiger partial charge in [-0.05, 0) is 50.7 Å². The van der Waals surface area contributed by atoms with Gasteiger partial charge in [0.25, 0.3) is 5.56 Å². The predicted octanol–water partition coefficient (Wildman–Crippen LogP) is 1.91. The van der Waals surface area contributed by atoms with Crippen LogP contribution in [-0.4, -0.2) is 30.3 Å². The number of nitrogens with one attached hydrogen (secondary N) is 1. The van der Waals surface area contributed by atoms with Gasteiger partial charge in [0.15, 0.2) is 0 Å². The Bertz CT molecular complexity index is 687. The lowest BCUT2D eigenvalue weighted by atomic mass is 9.99. The van der Waals surface area contributed by atoms with Crippen molar-refractivity contribution in [3.8, 4) is 6.07 Å². The van der Waals surface area contributed by atoms with Crippen LogP contribution in [0.4, 0.5) is 0 Å². The molecule has 124 valence electrons. The first-order valence-corrected chi connectivity index (χ1v) is 7.82. The first kappa shape index (κ1) is 17.2. The Balaban J connectivity index is 2.02. The third kappa shape index (κ3) is 3.80. The molecule has 0 spiro atoms. The molecule has 23 heavy (non-hydrogen) atoms. The molecule has 6 heteroatoms. The second-order valence-electron chi connectivity index (χ2n) is 5.90. The first-order chi connectivity index (χ1) is 11.0. The minimum Gasteiger partial charge on any atom is -0.460 e. The van der Waals surface area contributed by atoms with Crippen molar-refractivity contribution < 1.29 is 14.3 Å². The molecule has 1 heterocycles. The maximum atomic E-state index is 12.1. The van der Waals surface area contributed by atoms with E-state index >= 15 is 0 Å². The summed E-state index contributed by atoms with van der Waals surface area (Å²) < 4.78 is 10.8. The van der Waals surface area contributed by atoms with Crippen molar-refractivity contribution >= 4 is 5.97 Å². The largest absolute Gasteiger partial charge is 0.460 e. The fourth-order valence-corrected chi connectivity index (χ4v) is 3.17. The van der Waals surface area contributed by atoms with E-state index in [2.05, 4.69) is 4.98 Å². The number of H-pyrrole nitrogens is 1. The number of hydrogen-bond acceptors (Lipinski definition) is 5. The molecule has 6 nitrogen and oxygen atoms in total. The highest BCUT2D eigenvalue weighted by Crippen LogP contribution is 2.25. The molecule has 1 aliphatic rings. The molecule has 1 aromatic rings. The van der Waals surface area contributed by atoms with Gasteiger partial charge in [0.1, 0.15) is 17.7 Å². The average Bonchev–Trinajstić information content (AvgIpc) is 2.94. The van der Waals surface area contributed by atoms with Crippen LogP contribution < -0.4 is 5.56 Å². The van der Waals surface area contributed by atoms with Crippen molar-refractivity contribution in [2.24, 2.45) is 0 Å². The molecule has 1 saturated carbocycles. The molecule has 1 fully saturated rings. The number of ether oxygens (including phenoxy) is 2. The Morgan fingerprint density at radius 1 is 1.35 bits per heavy atom. The van der Waals surface area contributed by atoms with E-state index < -0.39 is 0 Å². The average molecular weight is 318 g/mol. The number of esters is 1. The maximum Gasteiger partial charge on any atom is 0.306 e. The van der Waals surface area contributed by atoms with Crippen LogP contribution >= 0.6 is 0 Å². The number of methoxy groups -OCH3 is 1. The third-order valence-corrected chi connectivity index (χ3v) is 4.48. The Labute approximate surface area is 135 Å². The minimum absolute atomic E-state index is 0.0132. The zero-order valence-electron chi connectivity index (χ0n) is 13.8. The van der Waals surface area contributed by atoms with Gasteiger partial charge in [-0.2, -0.15) is 5.26 Å². The van der Waals surface area contributed by atoms with Crippen molar-refractivity contribution in [2.75, 3.05) is 7.11 Å². The number of nitrogens with zero attached hydrogens (tertiary/aromatic N) is 1. The minimum atomic E-state index is -0.386. The van der Waals surface area contributed by atoms with Crippen LogP contribution in [0, 0.1) is 25.2 Å². The SMILES string of the molecule is COC1CCCC1OC(=O)CCc1c(C)[nH]c(=O)c(C#N)c1C. The van der Waals surface area contributed by atoms with Crippen LogP contribution in [0.3, 0.4) is 0 Å². The summed E-state index contributed by atoms with van der Waals surface area (Å²) in [6, 6.07) is 1.91. The monoisotopic (exact) mass is 318 g/mol. The van der Waals surface area contributed by atoms with E-state index in [1.54, 1.807) is 21.0 Å². The molecule has 1 aromatic heterocycles. The second kappa shape index (κ2) is 7.42. The number of aryl methyl sites for hydroxylation is 1. The normalized spacial score (nSPS) is 20.3. The molecule has 2 rings (SSSR count). The predicted molar refractivity (Wildman–Crippen MR) is 84.1 cm³/mol. The van der Waals surface area contributed by atoms with Gasteiger partial charge in [-0.3, -0.25) is 9.59 Å². The number of aromatic nitrogens is 1. The molecule has 0 aliphatic heterocycles. The van der Waals surface area contributed by atoms with E-state index in [4.69, 9.17) is 14.7 Å². The van der Waals surface area contributed by atoms with Gasteiger partial charge in [-0.15, -0.1) is 0 Å². The van der Waals surface area contributed by atoms with Crippen molar-refractivity contribution in [3.05, 3.63) is 32.7 Å². The highest BCUT2D eigenvalue weighted by Gasteiger charge is 2.30. The van der Waals surface area contributed by atoms with E-state index in [1.165, 1.54) is 0 Å². The van der Waals surface area contributed by atoms with E-state index in [9.17, 15) is 9.59 Å². The van der Waals surface area contributed by atoms with Crippen molar-refractivity contribution in [2.45, 2.75) is 58.2 Å². The van der Waals surface area contributed by atoms with E-state index in [0.29, 0.717) is 17.7 Å². The van der Waals surface area contributed by atoms with Crippen LogP contribution in [0.2, 0.25) is 0 Å². The van der Waals surface area contributed by atoms with Crippen LogP contribution in [0.15, 0.2) is 4.79 Å². The van der Waals surface area contributed by atoms with Gasteiger partial charge in [0.05, 0.1) is 6.10 Å². The quantitative estimate of drug-likeness (QED) is 0.837. The second-order valence-corrected chi connectivity index (χ2v) is 5.90. The lowest BCUT2D eigenvalue weighted by Gasteiger charge is -2.19. The van der Waals surface area contributed by atoms with Crippen LogP contribution in [0.1, 0.15) is 48.1 Å². The number of hydrogen-bond donors (Lipinski definition) is 1. The summed E-state index contributed by atoms with van der Waals surface area (Å²) in [5, 5.41) is 9.06. The molecule has 1 N–H and O–H groups in total.